The summed E-state index contributed by atoms with van der Waals surface area (Å²) in [5.41, 5.74) is 0.851. The zero-order valence-electron chi connectivity index (χ0n) is 12.0. The van der Waals surface area contributed by atoms with Crippen LogP contribution in [0.15, 0.2) is 22.7 Å². The zero-order chi connectivity index (χ0) is 15.1. The van der Waals surface area contributed by atoms with Gasteiger partial charge in [-0.2, -0.15) is 0 Å². The molecule has 110 valence electrons. The molecule has 1 rings (SSSR count). The Morgan fingerprint density at radius 1 is 1.35 bits per heavy atom. The molecule has 0 radical (unpaired) electrons. The molecule has 0 aromatic heterocycles. The number of hydrogen-bond donors (Lipinski definition) is 1. The Morgan fingerprint density at radius 2 is 2.05 bits per heavy atom. The van der Waals surface area contributed by atoms with Gasteiger partial charge in [0.15, 0.2) is 0 Å². The highest BCUT2D eigenvalue weighted by Gasteiger charge is 2.17. The Kier molecular flexibility index (Phi) is 6.71. The number of nitrogens with one attached hydrogen (secondary N) is 1. The summed E-state index contributed by atoms with van der Waals surface area (Å²) in [6.07, 6.45) is 1.51. The van der Waals surface area contributed by atoms with E-state index in [2.05, 4.69) is 21.2 Å². The van der Waals surface area contributed by atoms with Gasteiger partial charge in [0.1, 0.15) is 0 Å². The van der Waals surface area contributed by atoms with Crippen LogP contribution in [0.25, 0.3) is 0 Å². The number of ether oxygens (including phenoxy) is 1. The second-order valence-electron chi connectivity index (χ2n) is 4.62. The number of hydrogen-bond acceptors (Lipinski definition) is 3. The zero-order valence-corrected chi connectivity index (χ0v) is 13.6. The third kappa shape index (κ3) is 4.63. The van der Waals surface area contributed by atoms with Crippen LogP contribution < -0.4 is 5.32 Å². The van der Waals surface area contributed by atoms with Crippen molar-refractivity contribution in [3.63, 3.8) is 0 Å². The Labute approximate surface area is 128 Å². The molecular formula is C15H20BrNO3. The molecule has 1 amide bonds. The first-order valence-electron chi connectivity index (χ1n) is 6.77. The molecule has 0 fully saturated rings. The standard InChI is InChI=1S/C15H20BrNO3/c1-4-8-20-15(19)12-9-11(16)6-7-13(12)17-14(18)10(3)5-2/h6-7,9-10H,4-5,8H2,1-3H3,(H,17,18)/t10-/m1/s1. The molecule has 20 heavy (non-hydrogen) atoms. The van der Waals surface area contributed by atoms with Crippen LogP contribution >= 0.6 is 15.9 Å². The lowest BCUT2D eigenvalue weighted by Gasteiger charge is -2.13. The second kappa shape index (κ2) is 8.04. The van der Waals surface area contributed by atoms with Crippen molar-refractivity contribution in [1.29, 1.82) is 0 Å². The van der Waals surface area contributed by atoms with E-state index in [-0.39, 0.29) is 11.8 Å². The first-order valence-corrected chi connectivity index (χ1v) is 7.56. The summed E-state index contributed by atoms with van der Waals surface area (Å²) in [4.78, 5) is 23.9. The molecule has 0 saturated carbocycles. The lowest BCUT2D eigenvalue weighted by Crippen LogP contribution is -2.21. The first-order chi connectivity index (χ1) is 9.49. The van der Waals surface area contributed by atoms with E-state index in [1.54, 1.807) is 18.2 Å². The van der Waals surface area contributed by atoms with Crippen LogP contribution in [0.2, 0.25) is 0 Å². The van der Waals surface area contributed by atoms with E-state index in [9.17, 15) is 9.59 Å². The van der Waals surface area contributed by atoms with Gasteiger partial charge >= 0.3 is 5.97 Å². The lowest BCUT2D eigenvalue weighted by atomic mass is 10.1. The number of benzene rings is 1. The van der Waals surface area contributed by atoms with Crippen LogP contribution in [0.1, 0.15) is 44.0 Å². The van der Waals surface area contributed by atoms with Crippen LogP contribution in [0, 0.1) is 5.92 Å². The largest absolute Gasteiger partial charge is 0.462 e. The summed E-state index contributed by atoms with van der Waals surface area (Å²) in [5, 5.41) is 2.79. The molecule has 0 aliphatic carbocycles. The summed E-state index contributed by atoms with van der Waals surface area (Å²) in [6.45, 7) is 6.09. The van der Waals surface area contributed by atoms with E-state index in [1.807, 2.05) is 20.8 Å². The second-order valence-corrected chi connectivity index (χ2v) is 5.54. The van der Waals surface area contributed by atoms with Gasteiger partial charge in [-0.3, -0.25) is 4.79 Å². The smallest absolute Gasteiger partial charge is 0.340 e. The number of halogens is 1. The summed E-state index contributed by atoms with van der Waals surface area (Å²) in [7, 11) is 0. The fraction of sp³-hybridized carbons (Fsp3) is 0.467. The number of amides is 1. The van der Waals surface area contributed by atoms with Crippen molar-refractivity contribution in [2.24, 2.45) is 5.92 Å². The van der Waals surface area contributed by atoms with E-state index >= 15 is 0 Å². The Morgan fingerprint density at radius 3 is 2.65 bits per heavy atom. The van der Waals surface area contributed by atoms with Crippen LogP contribution in [-0.4, -0.2) is 18.5 Å². The summed E-state index contributed by atoms with van der Waals surface area (Å²) in [6, 6.07) is 5.14. The Hall–Kier alpha value is -1.36. The van der Waals surface area contributed by atoms with Gasteiger partial charge in [-0.25, -0.2) is 4.79 Å². The maximum atomic E-state index is 12.0. The van der Waals surface area contributed by atoms with Crippen LogP contribution in [-0.2, 0) is 9.53 Å². The molecule has 1 aromatic rings. The molecule has 1 atom stereocenters. The molecule has 1 aromatic carbocycles. The third-order valence-electron chi connectivity index (χ3n) is 2.96. The molecule has 0 saturated heterocycles. The molecule has 1 N–H and O–H groups in total. The predicted molar refractivity (Wildman–Crippen MR) is 82.8 cm³/mol. The van der Waals surface area contributed by atoms with Crippen LogP contribution in [0.5, 0.6) is 0 Å². The van der Waals surface area contributed by atoms with Gasteiger partial charge in [0, 0.05) is 10.4 Å². The molecule has 0 aliphatic rings. The number of carbonyl (C=O) groups is 2. The van der Waals surface area contributed by atoms with Crippen molar-refractivity contribution in [1.82, 2.24) is 0 Å². The maximum absolute atomic E-state index is 12.0. The van der Waals surface area contributed by atoms with Gasteiger partial charge in [-0.05, 0) is 31.0 Å². The third-order valence-corrected chi connectivity index (χ3v) is 3.45. The van der Waals surface area contributed by atoms with Crippen molar-refractivity contribution in [3.05, 3.63) is 28.2 Å². The van der Waals surface area contributed by atoms with E-state index in [4.69, 9.17) is 4.74 Å². The molecule has 5 heteroatoms. The fourth-order valence-corrected chi connectivity index (χ4v) is 1.87. The minimum Gasteiger partial charge on any atom is -0.462 e. The highest BCUT2D eigenvalue weighted by Crippen LogP contribution is 2.23. The van der Waals surface area contributed by atoms with E-state index in [1.165, 1.54) is 0 Å². The highest BCUT2D eigenvalue weighted by atomic mass is 79.9. The molecule has 0 aliphatic heterocycles. The van der Waals surface area contributed by atoms with Crippen molar-refractivity contribution in [2.45, 2.75) is 33.6 Å². The number of esters is 1. The van der Waals surface area contributed by atoms with E-state index in [0.29, 0.717) is 17.9 Å². The number of rotatable bonds is 6. The van der Waals surface area contributed by atoms with Gasteiger partial charge in [-0.15, -0.1) is 0 Å². The Balaban J connectivity index is 2.95. The normalized spacial score (nSPS) is 11.8. The molecular weight excluding hydrogens is 322 g/mol. The topological polar surface area (TPSA) is 55.4 Å². The number of anilines is 1. The lowest BCUT2D eigenvalue weighted by molar-refractivity contribution is -0.119. The van der Waals surface area contributed by atoms with Gasteiger partial charge in [-0.1, -0.05) is 36.7 Å². The molecule has 0 spiro atoms. The van der Waals surface area contributed by atoms with Gasteiger partial charge < -0.3 is 10.1 Å². The SMILES string of the molecule is CCCOC(=O)c1cc(Br)ccc1NC(=O)[C@H](C)CC. The van der Waals surface area contributed by atoms with E-state index in [0.717, 1.165) is 17.3 Å². The van der Waals surface area contributed by atoms with Gasteiger partial charge in [0.25, 0.3) is 0 Å². The summed E-state index contributed by atoms with van der Waals surface area (Å²) in [5.74, 6) is -0.620. The molecule has 0 unspecified atom stereocenters. The van der Waals surface area contributed by atoms with Crippen LogP contribution in [0.3, 0.4) is 0 Å². The highest BCUT2D eigenvalue weighted by molar-refractivity contribution is 9.10. The Bertz CT molecular complexity index is 488. The van der Waals surface area contributed by atoms with Crippen molar-refractivity contribution < 1.29 is 14.3 Å². The average Bonchev–Trinajstić information content (AvgIpc) is 2.45. The fourth-order valence-electron chi connectivity index (χ4n) is 1.51. The molecule has 0 heterocycles. The average molecular weight is 342 g/mol. The number of carbonyl (C=O) groups excluding carboxylic acids is 2. The first kappa shape index (κ1) is 16.7. The summed E-state index contributed by atoms with van der Waals surface area (Å²) >= 11 is 3.32. The van der Waals surface area contributed by atoms with E-state index < -0.39 is 5.97 Å². The predicted octanol–water partition coefficient (Wildman–Crippen LogP) is 4.00. The molecule has 0 bridgehead atoms. The minimum absolute atomic E-state index is 0.0978. The maximum Gasteiger partial charge on any atom is 0.340 e. The van der Waals surface area contributed by atoms with Crippen molar-refractivity contribution in [2.75, 3.05) is 11.9 Å². The van der Waals surface area contributed by atoms with Crippen molar-refractivity contribution >= 4 is 33.5 Å². The molecule has 4 nitrogen and oxygen atoms in total. The summed E-state index contributed by atoms with van der Waals surface area (Å²) < 4.78 is 5.90. The van der Waals surface area contributed by atoms with Gasteiger partial charge in [0.2, 0.25) is 5.91 Å². The van der Waals surface area contributed by atoms with Gasteiger partial charge in [0.05, 0.1) is 17.9 Å². The minimum atomic E-state index is -0.424. The van der Waals surface area contributed by atoms with Crippen LogP contribution in [0.4, 0.5) is 5.69 Å². The van der Waals surface area contributed by atoms with Crippen molar-refractivity contribution in [3.8, 4) is 0 Å². The monoisotopic (exact) mass is 341 g/mol. The quantitative estimate of drug-likeness (QED) is 0.795.